The lowest BCUT2D eigenvalue weighted by Gasteiger charge is -2.06. The molecule has 0 aliphatic heterocycles. The minimum atomic E-state index is -0.327. The largest absolute Gasteiger partial charge is 0.508 e. The fraction of sp³-hybridized carbons (Fsp3) is 0.364. The van der Waals surface area contributed by atoms with Crippen molar-refractivity contribution in [3.05, 3.63) is 29.3 Å². The zero-order valence-corrected chi connectivity index (χ0v) is 7.99. The smallest absolute Gasteiger partial charge is 0.338 e. The van der Waals surface area contributed by atoms with Crippen LogP contribution in [0, 0.1) is 0 Å². The Balaban J connectivity index is 2.42. The van der Waals surface area contributed by atoms with Crippen molar-refractivity contribution < 1.29 is 14.6 Å². The van der Waals surface area contributed by atoms with Gasteiger partial charge in [0.15, 0.2) is 0 Å². The lowest BCUT2D eigenvalue weighted by molar-refractivity contribution is 0.0599. The van der Waals surface area contributed by atoms with E-state index in [2.05, 4.69) is 4.74 Å². The molecule has 3 nitrogen and oxygen atoms in total. The minimum Gasteiger partial charge on any atom is -0.508 e. The van der Waals surface area contributed by atoms with Crippen LogP contribution in [0.1, 0.15) is 34.7 Å². The summed E-state index contributed by atoms with van der Waals surface area (Å²) >= 11 is 0. The van der Waals surface area contributed by atoms with Crippen molar-refractivity contribution in [2.24, 2.45) is 0 Å². The number of phenolic OH excluding ortho intramolecular Hbond substituents is 1. The summed E-state index contributed by atoms with van der Waals surface area (Å²) in [7, 11) is 1.37. The Morgan fingerprint density at radius 1 is 1.50 bits per heavy atom. The molecule has 0 saturated heterocycles. The van der Waals surface area contributed by atoms with Crippen LogP contribution in [0.15, 0.2) is 18.2 Å². The summed E-state index contributed by atoms with van der Waals surface area (Å²) in [6.45, 7) is 0. The van der Waals surface area contributed by atoms with E-state index in [0.717, 1.165) is 18.4 Å². The molecule has 0 radical (unpaired) electrons. The fourth-order valence-corrected chi connectivity index (χ4v) is 1.58. The molecule has 0 aromatic heterocycles. The number of carbonyl (C=O) groups excluding carboxylic acids is 1. The average molecular weight is 192 g/mol. The van der Waals surface area contributed by atoms with Gasteiger partial charge in [-0.2, -0.15) is 0 Å². The van der Waals surface area contributed by atoms with Gasteiger partial charge < -0.3 is 9.84 Å². The Labute approximate surface area is 82.3 Å². The molecule has 0 bridgehead atoms. The molecule has 3 heteroatoms. The van der Waals surface area contributed by atoms with Gasteiger partial charge in [-0.15, -0.1) is 0 Å². The van der Waals surface area contributed by atoms with Gasteiger partial charge in [0.25, 0.3) is 0 Å². The van der Waals surface area contributed by atoms with Crippen LogP contribution in [0.4, 0.5) is 0 Å². The van der Waals surface area contributed by atoms with Gasteiger partial charge in [-0.05, 0) is 42.5 Å². The van der Waals surface area contributed by atoms with Crippen LogP contribution in [0.2, 0.25) is 0 Å². The van der Waals surface area contributed by atoms with E-state index in [4.69, 9.17) is 0 Å². The van der Waals surface area contributed by atoms with Crippen molar-refractivity contribution in [2.75, 3.05) is 7.11 Å². The third-order valence-corrected chi connectivity index (χ3v) is 2.46. The monoisotopic (exact) mass is 192 g/mol. The van der Waals surface area contributed by atoms with E-state index in [0.29, 0.717) is 11.5 Å². The molecule has 1 aromatic rings. The first-order valence-electron chi connectivity index (χ1n) is 4.63. The Morgan fingerprint density at radius 3 is 2.79 bits per heavy atom. The molecule has 2 rings (SSSR count). The summed E-state index contributed by atoms with van der Waals surface area (Å²) in [5.74, 6) is 0.308. The van der Waals surface area contributed by atoms with Crippen molar-refractivity contribution in [1.82, 2.24) is 0 Å². The second-order valence-electron chi connectivity index (χ2n) is 3.54. The molecule has 74 valence electrons. The fourth-order valence-electron chi connectivity index (χ4n) is 1.58. The van der Waals surface area contributed by atoms with E-state index >= 15 is 0 Å². The highest BCUT2D eigenvalue weighted by molar-refractivity contribution is 5.91. The first-order valence-corrected chi connectivity index (χ1v) is 4.63. The summed E-state index contributed by atoms with van der Waals surface area (Å²) in [5, 5.41) is 9.32. The Kier molecular flexibility index (Phi) is 2.15. The van der Waals surface area contributed by atoms with E-state index in [1.165, 1.54) is 13.2 Å². The number of carbonyl (C=O) groups is 1. The molecule has 1 fully saturated rings. The van der Waals surface area contributed by atoms with Gasteiger partial charge >= 0.3 is 5.97 Å². The summed E-state index contributed by atoms with van der Waals surface area (Å²) in [6.07, 6.45) is 2.18. The number of benzene rings is 1. The van der Waals surface area contributed by atoms with Crippen molar-refractivity contribution in [2.45, 2.75) is 18.8 Å². The zero-order valence-electron chi connectivity index (χ0n) is 7.99. The lowest BCUT2D eigenvalue weighted by atomic mass is 10.0. The zero-order chi connectivity index (χ0) is 10.1. The Morgan fingerprint density at radius 2 is 2.21 bits per heavy atom. The molecule has 0 spiro atoms. The Bertz CT molecular complexity index is 367. The number of hydrogen-bond donors (Lipinski definition) is 1. The number of phenols is 1. The maximum Gasteiger partial charge on any atom is 0.338 e. The van der Waals surface area contributed by atoms with Gasteiger partial charge in [0, 0.05) is 0 Å². The second kappa shape index (κ2) is 3.33. The summed E-state index contributed by atoms with van der Waals surface area (Å²) in [4.78, 5) is 11.4. The highest BCUT2D eigenvalue weighted by atomic mass is 16.5. The molecule has 1 saturated carbocycles. The SMILES string of the molecule is COC(=O)c1ccc(O)cc1C1CC1. The Hall–Kier alpha value is -1.51. The predicted octanol–water partition coefficient (Wildman–Crippen LogP) is 2.06. The predicted molar refractivity (Wildman–Crippen MR) is 51.4 cm³/mol. The molecular weight excluding hydrogens is 180 g/mol. The maximum atomic E-state index is 11.4. The molecule has 0 unspecified atom stereocenters. The molecular formula is C11H12O3. The number of ether oxygens (including phenoxy) is 1. The van der Waals surface area contributed by atoms with Crippen LogP contribution < -0.4 is 0 Å². The second-order valence-corrected chi connectivity index (χ2v) is 3.54. The average Bonchev–Trinajstić information content (AvgIpc) is 3.00. The topological polar surface area (TPSA) is 46.5 Å². The molecule has 1 aliphatic carbocycles. The van der Waals surface area contributed by atoms with Crippen molar-refractivity contribution in [1.29, 1.82) is 0 Å². The van der Waals surface area contributed by atoms with Crippen LogP contribution in [-0.2, 0) is 4.74 Å². The van der Waals surface area contributed by atoms with Crippen LogP contribution in [0.5, 0.6) is 5.75 Å². The molecule has 0 amide bonds. The van der Waals surface area contributed by atoms with Crippen LogP contribution in [0.25, 0.3) is 0 Å². The van der Waals surface area contributed by atoms with E-state index in [-0.39, 0.29) is 11.7 Å². The number of aromatic hydroxyl groups is 1. The first-order chi connectivity index (χ1) is 6.72. The van der Waals surface area contributed by atoms with E-state index < -0.39 is 0 Å². The summed E-state index contributed by atoms with van der Waals surface area (Å²) in [5.41, 5.74) is 1.49. The van der Waals surface area contributed by atoms with Crippen molar-refractivity contribution in [3.8, 4) is 5.75 Å². The molecule has 0 atom stereocenters. The van der Waals surface area contributed by atoms with Crippen LogP contribution in [0.3, 0.4) is 0 Å². The third kappa shape index (κ3) is 1.58. The standard InChI is InChI=1S/C11H12O3/c1-14-11(13)9-5-4-8(12)6-10(9)7-2-3-7/h4-7,12H,2-3H2,1H3. The van der Waals surface area contributed by atoms with Gasteiger partial charge in [0.2, 0.25) is 0 Å². The highest BCUT2D eigenvalue weighted by Gasteiger charge is 2.28. The first kappa shape index (κ1) is 9.06. The van der Waals surface area contributed by atoms with E-state index in [9.17, 15) is 9.90 Å². The number of rotatable bonds is 2. The normalized spacial score (nSPS) is 15.2. The van der Waals surface area contributed by atoms with Gasteiger partial charge in [0.1, 0.15) is 5.75 Å². The molecule has 1 aromatic carbocycles. The van der Waals surface area contributed by atoms with Crippen molar-refractivity contribution in [3.63, 3.8) is 0 Å². The molecule has 1 aliphatic rings. The summed E-state index contributed by atoms with van der Waals surface area (Å²) in [6, 6.07) is 4.79. The maximum absolute atomic E-state index is 11.4. The number of methoxy groups -OCH3 is 1. The third-order valence-electron chi connectivity index (χ3n) is 2.46. The molecule has 0 heterocycles. The number of hydrogen-bond acceptors (Lipinski definition) is 3. The molecule has 14 heavy (non-hydrogen) atoms. The highest BCUT2D eigenvalue weighted by Crippen LogP contribution is 2.42. The summed E-state index contributed by atoms with van der Waals surface area (Å²) < 4.78 is 4.67. The van der Waals surface area contributed by atoms with Gasteiger partial charge in [-0.25, -0.2) is 4.79 Å². The van der Waals surface area contributed by atoms with Crippen molar-refractivity contribution >= 4 is 5.97 Å². The van der Waals surface area contributed by atoms with Gasteiger partial charge in [-0.1, -0.05) is 0 Å². The van der Waals surface area contributed by atoms with E-state index in [1.807, 2.05) is 0 Å². The van der Waals surface area contributed by atoms with Gasteiger partial charge in [-0.3, -0.25) is 0 Å². The van der Waals surface area contributed by atoms with Crippen LogP contribution in [-0.4, -0.2) is 18.2 Å². The van der Waals surface area contributed by atoms with E-state index in [1.54, 1.807) is 12.1 Å². The quantitative estimate of drug-likeness (QED) is 0.729. The molecule has 1 N–H and O–H groups in total. The number of esters is 1. The lowest BCUT2D eigenvalue weighted by Crippen LogP contribution is -2.04. The van der Waals surface area contributed by atoms with Gasteiger partial charge in [0.05, 0.1) is 12.7 Å². The van der Waals surface area contributed by atoms with Crippen LogP contribution >= 0.6 is 0 Å². The minimum absolute atomic E-state index is 0.208.